The van der Waals surface area contributed by atoms with E-state index in [2.05, 4.69) is 25.2 Å². The van der Waals surface area contributed by atoms with Gasteiger partial charge >= 0.3 is 0 Å². The average molecular weight is 333 g/mol. The van der Waals surface area contributed by atoms with Crippen LogP contribution in [0.3, 0.4) is 0 Å². The monoisotopic (exact) mass is 333 g/mol. The third-order valence-electron chi connectivity index (χ3n) is 7.98. The maximum atomic E-state index is 11.7. The molecular formula is C19H27NO2S. The first kappa shape index (κ1) is 15.6. The summed E-state index contributed by atoms with van der Waals surface area (Å²) in [6.45, 7) is 4.71. The van der Waals surface area contributed by atoms with E-state index in [0.717, 1.165) is 19.3 Å². The molecule has 2 unspecified atom stereocenters. The Bertz CT molecular complexity index is 588. The van der Waals surface area contributed by atoms with Gasteiger partial charge in [-0.3, -0.25) is 4.79 Å². The Balaban J connectivity index is 1.66. The second kappa shape index (κ2) is 5.05. The van der Waals surface area contributed by atoms with Gasteiger partial charge in [0, 0.05) is 17.4 Å². The quantitative estimate of drug-likeness (QED) is 0.718. The van der Waals surface area contributed by atoms with Gasteiger partial charge in [-0.25, -0.2) is 0 Å². The van der Waals surface area contributed by atoms with Crippen LogP contribution in [0.2, 0.25) is 0 Å². The number of amides is 1. The van der Waals surface area contributed by atoms with Crippen molar-refractivity contribution in [2.24, 2.45) is 34.5 Å². The van der Waals surface area contributed by atoms with Crippen LogP contribution < -0.4 is 5.32 Å². The van der Waals surface area contributed by atoms with Crippen molar-refractivity contribution in [3.63, 3.8) is 0 Å². The van der Waals surface area contributed by atoms with Crippen molar-refractivity contribution in [1.82, 2.24) is 5.32 Å². The zero-order valence-corrected chi connectivity index (χ0v) is 14.9. The van der Waals surface area contributed by atoms with E-state index in [9.17, 15) is 9.90 Å². The Morgan fingerprint density at radius 3 is 2.74 bits per heavy atom. The first-order valence-electron chi connectivity index (χ1n) is 9.09. The summed E-state index contributed by atoms with van der Waals surface area (Å²) in [5.41, 5.74) is 0.272. The number of hydrogen-bond acceptors (Lipinski definition) is 2. The van der Waals surface area contributed by atoms with Crippen molar-refractivity contribution >= 4 is 23.2 Å². The molecule has 3 aliphatic carbocycles. The normalized spacial score (nSPS) is 51.4. The molecule has 3 fully saturated rings. The molecule has 0 spiro atoms. The first-order valence-corrected chi connectivity index (χ1v) is 9.49. The van der Waals surface area contributed by atoms with Gasteiger partial charge in [-0.2, -0.15) is 0 Å². The molecule has 0 bridgehead atoms. The molecule has 1 amide bonds. The van der Waals surface area contributed by atoms with Crippen LogP contribution in [0.15, 0.2) is 12.2 Å². The van der Waals surface area contributed by atoms with Crippen LogP contribution in [0.4, 0.5) is 0 Å². The molecule has 4 rings (SSSR count). The lowest BCUT2D eigenvalue weighted by atomic mass is 9.48. The summed E-state index contributed by atoms with van der Waals surface area (Å²) in [6, 6.07) is 0.293. The molecule has 0 saturated heterocycles. The summed E-state index contributed by atoms with van der Waals surface area (Å²) in [7, 11) is 0. The zero-order valence-electron chi connectivity index (χ0n) is 14.0. The highest BCUT2D eigenvalue weighted by molar-refractivity contribution is 7.80. The maximum Gasteiger partial charge on any atom is 0.243 e. The van der Waals surface area contributed by atoms with E-state index in [1.807, 2.05) is 0 Å². The number of carbonyl (C=O) groups is 1. The van der Waals surface area contributed by atoms with Gasteiger partial charge in [0.25, 0.3) is 0 Å². The molecular weight excluding hydrogens is 306 g/mol. The van der Waals surface area contributed by atoms with E-state index >= 15 is 0 Å². The van der Waals surface area contributed by atoms with E-state index in [0.29, 0.717) is 23.8 Å². The number of aliphatic hydroxyl groups is 1. The molecule has 3 nitrogen and oxygen atoms in total. The Kier molecular flexibility index (Phi) is 3.43. The maximum absolute atomic E-state index is 11.7. The molecule has 7 atom stereocenters. The SMILES string of the molecule is C[C@]12C=CC(=O)NC1CC[C@@H]1[C@H]2CC[C@]2(C)C(C(O)=S)CC[C@@H]12. The lowest BCUT2D eigenvalue weighted by Crippen LogP contribution is -2.59. The number of rotatable bonds is 1. The predicted octanol–water partition coefficient (Wildman–Crippen LogP) is 3.79. The predicted molar refractivity (Wildman–Crippen MR) is 94.2 cm³/mol. The van der Waals surface area contributed by atoms with Crippen LogP contribution in [0.1, 0.15) is 52.4 Å². The number of nitrogens with one attached hydrogen (secondary N) is 1. The molecule has 1 aliphatic heterocycles. The smallest absolute Gasteiger partial charge is 0.243 e. The van der Waals surface area contributed by atoms with E-state index in [4.69, 9.17) is 12.2 Å². The minimum Gasteiger partial charge on any atom is -0.502 e. The molecule has 2 N–H and O–H groups in total. The van der Waals surface area contributed by atoms with Crippen LogP contribution in [0.5, 0.6) is 0 Å². The van der Waals surface area contributed by atoms with Gasteiger partial charge in [0.2, 0.25) is 5.91 Å². The van der Waals surface area contributed by atoms with Crippen LogP contribution in [-0.2, 0) is 4.79 Å². The lowest BCUT2D eigenvalue weighted by molar-refractivity contribution is -0.122. The Hall–Kier alpha value is -0.900. The van der Waals surface area contributed by atoms with Crippen LogP contribution in [0.25, 0.3) is 0 Å². The summed E-state index contributed by atoms with van der Waals surface area (Å²) in [5, 5.41) is 13.4. The number of fused-ring (bicyclic) bond motifs is 5. The van der Waals surface area contributed by atoms with Crippen molar-refractivity contribution in [3.05, 3.63) is 12.2 Å². The summed E-state index contributed by atoms with van der Waals surface area (Å²) >= 11 is 5.17. The molecule has 0 aromatic heterocycles. The van der Waals surface area contributed by atoms with Gasteiger partial charge in [-0.1, -0.05) is 19.9 Å². The summed E-state index contributed by atoms with van der Waals surface area (Å²) in [5.74, 6) is 2.28. The summed E-state index contributed by atoms with van der Waals surface area (Å²) < 4.78 is 0. The number of thiocarbonyl (C=S) groups is 1. The van der Waals surface area contributed by atoms with E-state index in [1.165, 1.54) is 19.3 Å². The van der Waals surface area contributed by atoms with E-state index in [-0.39, 0.29) is 27.7 Å². The number of aliphatic hydroxyl groups excluding tert-OH is 1. The van der Waals surface area contributed by atoms with Crippen LogP contribution in [0, 0.1) is 34.5 Å². The number of hydrogen-bond donors (Lipinski definition) is 2. The summed E-state index contributed by atoms with van der Waals surface area (Å²) in [4.78, 5) is 11.7. The Labute approximate surface area is 143 Å². The van der Waals surface area contributed by atoms with Crippen LogP contribution >= 0.6 is 12.2 Å². The van der Waals surface area contributed by atoms with Crippen molar-refractivity contribution < 1.29 is 9.90 Å². The second-order valence-electron chi connectivity index (χ2n) is 8.73. The van der Waals surface area contributed by atoms with Gasteiger partial charge in [0.1, 0.15) is 0 Å². The average Bonchev–Trinajstić information content (AvgIpc) is 2.85. The molecule has 3 saturated carbocycles. The second-order valence-corrected chi connectivity index (χ2v) is 9.15. The molecule has 4 aliphatic rings. The van der Waals surface area contributed by atoms with Gasteiger partial charge in [-0.05, 0) is 80.0 Å². The number of carbonyl (C=O) groups excluding carboxylic acids is 1. The highest BCUT2D eigenvalue weighted by Crippen LogP contribution is 2.65. The van der Waals surface area contributed by atoms with Crippen molar-refractivity contribution in [3.8, 4) is 0 Å². The fourth-order valence-electron chi connectivity index (χ4n) is 6.74. The van der Waals surface area contributed by atoms with Crippen molar-refractivity contribution in [2.75, 3.05) is 0 Å². The largest absolute Gasteiger partial charge is 0.502 e. The molecule has 0 radical (unpaired) electrons. The first-order chi connectivity index (χ1) is 10.9. The fourth-order valence-corrected chi connectivity index (χ4v) is 7.13. The molecule has 0 aromatic carbocycles. The molecule has 0 aromatic rings. The topological polar surface area (TPSA) is 49.3 Å². The molecule has 23 heavy (non-hydrogen) atoms. The zero-order chi connectivity index (χ0) is 16.4. The standard InChI is InChI=1S/C19H27NO2S/c1-18-9-7-13-11(12(18)4-5-14(18)17(22)23)3-6-15-19(13,2)10-8-16(21)20-15/h8,10-15H,3-7,9H2,1-2H3,(H,20,21)(H,22,23)/t11-,12-,13+,14?,15?,18-,19+/m0/s1. The van der Waals surface area contributed by atoms with E-state index in [1.54, 1.807) is 6.08 Å². The molecule has 1 heterocycles. The van der Waals surface area contributed by atoms with Gasteiger partial charge in [0.15, 0.2) is 5.05 Å². The van der Waals surface area contributed by atoms with Gasteiger partial charge in [-0.15, -0.1) is 0 Å². The third kappa shape index (κ3) is 2.06. The minimum atomic E-state index is 0.0677. The highest BCUT2D eigenvalue weighted by atomic mass is 32.1. The van der Waals surface area contributed by atoms with Gasteiger partial charge in [0.05, 0.1) is 0 Å². The molecule has 4 heteroatoms. The molecule has 126 valence electrons. The Morgan fingerprint density at radius 2 is 2.00 bits per heavy atom. The lowest BCUT2D eigenvalue weighted by Gasteiger charge is -2.58. The van der Waals surface area contributed by atoms with Crippen LogP contribution in [-0.4, -0.2) is 22.1 Å². The van der Waals surface area contributed by atoms with Crippen molar-refractivity contribution in [1.29, 1.82) is 0 Å². The van der Waals surface area contributed by atoms with E-state index < -0.39 is 0 Å². The van der Waals surface area contributed by atoms with Crippen molar-refractivity contribution in [2.45, 2.75) is 58.4 Å². The fraction of sp³-hybridized carbons (Fsp3) is 0.789. The third-order valence-corrected chi connectivity index (χ3v) is 8.27. The minimum absolute atomic E-state index is 0.0677. The summed E-state index contributed by atoms with van der Waals surface area (Å²) in [6.07, 6.45) is 10.8. The Morgan fingerprint density at radius 1 is 1.22 bits per heavy atom. The highest BCUT2D eigenvalue weighted by Gasteiger charge is 2.60. The van der Waals surface area contributed by atoms with Gasteiger partial charge < -0.3 is 10.4 Å².